The van der Waals surface area contributed by atoms with Gasteiger partial charge in [-0.3, -0.25) is 4.79 Å². The lowest BCUT2D eigenvalue weighted by atomic mass is 10.2. The van der Waals surface area contributed by atoms with Crippen molar-refractivity contribution in [3.05, 3.63) is 65.5 Å². The summed E-state index contributed by atoms with van der Waals surface area (Å²) in [6.07, 6.45) is 0.453. The highest BCUT2D eigenvalue weighted by atomic mass is 35.5. The highest BCUT2D eigenvalue weighted by molar-refractivity contribution is 7.99. The van der Waals surface area contributed by atoms with Gasteiger partial charge in [0.1, 0.15) is 0 Å². The topological polar surface area (TPSA) is 59.2 Å². The molecule has 0 aliphatic carbocycles. The van der Waals surface area contributed by atoms with E-state index in [1.54, 1.807) is 35.8 Å². The van der Waals surface area contributed by atoms with E-state index >= 15 is 0 Å². The zero-order valence-electron chi connectivity index (χ0n) is 14.3. The highest BCUT2D eigenvalue weighted by Gasteiger charge is 2.14. The predicted octanol–water partition coefficient (Wildman–Crippen LogP) is 4.53. The molecule has 1 aromatic heterocycles. The van der Waals surface area contributed by atoms with E-state index in [0.29, 0.717) is 23.2 Å². The summed E-state index contributed by atoms with van der Waals surface area (Å²) in [5.74, 6) is 1.66. The number of hydrogen-bond donors (Lipinski definition) is 0. The van der Waals surface area contributed by atoms with Crippen LogP contribution in [0.1, 0.15) is 12.3 Å². The molecule has 0 unspecified atom stereocenters. The summed E-state index contributed by atoms with van der Waals surface area (Å²) >= 11 is 7.54. The number of carbonyl (C=O) groups is 1. The molecule has 0 radical (unpaired) electrons. The number of amides is 1. The van der Waals surface area contributed by atoms with Gasteiger partial charge < -0.3 is 9.42 Å². The molecule has 0 bridgehead atoms. The van der Waals surface area contributed by atoms with Crippen LogP contribution in [-0.2, 0) is 11.3 Å². The molecule has 1 amide bonds. The van der Waals surface area contributed by atoms with Gasteiger partial charge in [0.15, 0.2) is 0 Å². The van der Waals surface area contributed by atoms with Crippen molar-refractivity contribution in [1.82, 2.24) is 15.0 Å². The van der Waals surface area contributed by atoms with Crippen molar-refractivity contribution in [2.75, 3.05) is 12.8 Å². The van der Waals surface area contributed by atoms with E-state index in [1.165, 1.54) is 0 Å². The zero-order chi connectivity index (χ0) is 18.4. The van der Waals surface area contributed by atoms with E-state index in [9.17, 15) is 4.79 Å². The van der Waals surface area contributed by atoms with Gasteiger partial charge in [-0.25, -0.2) is 0 Å². The van der Waals surface area contributed by atoms with Gasteiger partial charge in [0, 0.05) is 34.7 Å². The molecule has 2 aromatic carbocycles. The van der Waals surface area contributed by atoms with Crippen molar-refractivity contribution in [2.24, 2.45) is 0 Å². The normalized spacial score (nSPS) is 10.7. The number of halogens is 1. The standard InChI is InChI=1S/C19H18ClN3O2S/c1-23(18(24)11-12-26-16-5-3-2-4-6-16)13-17-21-19(22-25-17)14-7-9-15(20)10-8-14/h2-10H,11-13H2,1H3. The number of rotatable bonds is 7. The molecule has 0 aliphatic heterocycles. The molecule has 3 rings (SSSR count). The van der Waals surface area contributed by atoms with Crippen LogP contribution in [0.3, 0.4) is 0 Å². The molecule has 5 nitrogen and oxygen atoms in total. The molecule has 0 aliphatic rings. The molecule has 0 saturated carbocycles. The quantitative estimate of drug-likeness (QED) is 0.557. The lowest BCUT2D eigenvalue weighted by Crippen LogP contribution is -2.26. The average Bonchev–Trinajstić information content (AvgIpc) is 3.11. The maximum absolute atomic E-state index is 12.3. The van der Waals surface area contributed by atoms with Gasteiger partial charge in [-0.1, -0.05) is 35.0 Å². The Morgan fingerprint density at radius 3 is 2.62 bits per heavy atom. The van der Waals surface area contributed by atoms with Crippen LogP contribution in [0, 0.1) is 0 Å². The van der Waals surface area contributed by atoms with Crippen molar-refractivity contribution < 1.29 is 9.32 Å². The van der Waals surface area contributed by atoms with Crippen molar-refractivity contribution >= 4 is 29.3 Å². The largest absolute Gasteiger partial charge is 0.337 e. The molecule has 0 fully saturated rings. The molecule has 7 heteroatoms. The predicted molar refractivity (Wildman–Crippen MR) is 103 cm³/mol. The Bertz CT molecular complexity index is 853. The van der Waals surface area contributed by atoms with E-state index < -0.39 is 0 Å². The minimum Gasteiger partial charge on any atom is -0.337 e. The summed E-state index contributed by atoms with van der Waals surface area (Å²) in [5.41, 5.74) is 0.817. The summed E-state index contributed by atoms with van der Waals surface area (Å²) in [6.45, 7) is 0.287. The molecule has 0 atom stereocenters. The molecule has 26 heavy (non-hydrogen) atoms. The molecule has 0 N–H and O–H groups in total. The van der Waals surface area contributed by atoms with Gasteiger partial charge in [0.25, 0.3) is 0 Å². The van der Waals surface area contributed by atoms with Crippen LogP contribution >= 0.6 is 23.4 Å². The van der Waals surface area contributed by atoms with E-state index in [-0.39, 0.29) is 12.5 Å². The van der Waals surface area contributed by atoms with Crippen molar-refractivity contribution in [3.8, 4) is 11.4 Å². The van der Waals surface area contributed by atoms with Crippen LogP contribution in [0.4, 0.5) is 0 Å². The second-order valence-corrected chi connectivity index (χ2v) is 7.28. The van der Waals surface area contributed by atoms with Crippen LogP contribution in [0.5, 0.6) is 0 Å². The third kappa shape index (κ3) is 5.09. The maximum Gasteiger partial charge on any atom is 0.246 e. The van der Waals surface area contributed by atoms with Gasteiger partial charge in [0.2, 0.25) is 17.6 Å². The molecule has 0 spiro atoms. The highest BCUT2D eigenvalue weighted by Crippen LogP contribution is 2.20. The fourth-order valence-corrected chi connectivity index (χ4v) is 3.28. The third-order valence-electron chi connectivity index (χ3n) is 3.70. The van der Waals surface area contributed by atoms with Crippen molar-refractivity contribution in [2.45, 2.75) is 17.9 Å². The number of aromatic nitrogens is 2. The summed E-state index contributed by atoms with van der Waals surface area (Å²) in [5, 5.41) is 4.61. The molecule has 3 aromatic rings. The third-order valence-corrected chi connectivity index (χ3v) is 4.96. The fourth-order valence-electron chi connectivity index (χ4n) is 2.29. The monoisotopic (exact) mass is 387 g/mol. The smallest absolute Gasteiger partial charge is 0.246 e. The summed E-state index contributed by atoms with van der Waals surface area (Å²) in [7, 11) is 1.74. The minimum absolute atomic E-state index is 0.0414. The van der Waals surface area contributed by atoms with Gasteiger partial charge in [-0.05, 0) is 36.4 Å². The molecular formula is C19H18ClN3O2S. The van der Waals surface area contributed by atoms with Crippen LogP contribution < -0.4 is 0 Å². The molecular weight excluding hydrogens is 370 g/mol. The van der Waals surface area contributed by atoms with Crippen LogP contribution in [0.15, 0.2) is 64.0 Å². The Labute approximate surface area is 161 Å². The average molecular weight is 388 g/mol. The van der Waals surface area contributed by atoms with Gasteiger partial charge in [-0.2, -0.15) is 4.98 Å². The van der Waals surface area contributed by atoms with Gasteiger partial charge in [-0.15, -0.1) is 11.8 Å². The van der Waals surface area contributed by atoms with E-state index in [0.717, 1.165) is 16.2 Å². The first-order chi connectivity index (χ1) is 12.6. The lowest BCUT2D eigenvalue weighted by Gasteiger charge is -2.14. The van der Waals surface area contributed by atoms with E-state index in [4.69, 9.17) is 16.1 Å². The van der Waals surface area contributed by atoms with E-state index in [1.807, 2.05) is 42.5 Å². The Morgan fingerprint density at radius 2 is 1.88 bits per heavy atom. The van der Waals surface area contributed by atoms with Crippen molar-refractivity contribution in [1.29, 1.82) is 0 Å². The van der Waals surface area contributed by atoms with Crippen LogP contribution in [-0.4, -0.2) is 33.7 Å². The van der Waals surface area contributed by atoms with E-state index in [2.05, 4.69) is 10.1 Å². The van der Waals surface area contributed by atoms with Gasteiger partial charge in [0.05, 0.1) is 6.54 Å². The molecule has 1 heterocycles. The molecule has 134 valence electrons. The lowest BCUT2D eigenvalue weighted by molar-refractivity contribution is -0.130. The Hall–Kier alpha value is -2.31. The van der Waals surface area contributed by atoms with Crippen LogP contribution in [0.25, 0.3) is 11.4 Å². The number of hydrogen-bond acceptors (Lipinski definition) is 5. The molecule has 0 saturated heterocycles. The van der Waals surface area contributed by atoms with Gasteiger partial charge >= 0.3 is 0 Å². The number of thioether (sulfide) groups is 1. The zero-order valence-corrected chi connectivity index (χ0v) is 15.8. The number of nitrogens with zero attached hydrogens (tertiary/aromatic N) is 3. The summed E-state index contributed by atoms with van der Waals surface area (Å²) in [4.78, 5) is 19.4. The Balaban J connectivity index is 1.50. The second-order valence-electron chi connectivity index (χ2n) is 5.68. The summed E-state index contributed by atoms with van der Waals surface area (Å²) in [6, 6.07) is 17.2. The Kier molecular flexibility index (Phi) is 6.30. The Morgan fingerprint density at radius 1 is 1.15 bits per heavy atom. The first-order valence-corrected chi connectivity index (χ1v) is 9.48. The number of benzene rings is 2. The minimum atomic E-state index is 0.0414. The second kappa shape index (κ2) is 8.87. The fraction of sp³-hybridized carbons (Fsp3) is 0.211. The van der Waals surface area contributed by atoms with Crippen LogP contribution in [0.2, 0.25) is 5.02 Å². The SMILES string of the molecule is CN(Cc1nc(-c2ccc(Cl)cc2)no1)C(=O)CCSc1ccccc1. The first kappa shape index (κ1) is 18.5. The first-order valence-electron chi connectivity index (χ1n) is 8.12. The summed E-state index contributed by atoms with van der Waals surface area (Å²) < 4.78 is 5.25. The maximum atomic E-state index is 12.3. The van der Waals surface area contributed by atoms with Crippen molar-refractivity contribution in [3.63, 3.8) is 0 Å². The number of carbonyl (C=O) groups excluding carboxylic acids is 1.